The van der Waals surface area contributed by atoms with Crippen molar-refractivity contribution in [3.63, 3.8) is 0 Å². The van der Waals surface area contributed by atoms with Crippen LogP contribution in [-0.2, 0) is 13.0 Å². The number of nitrogens with one attached hydrogen (secondary N) is 1. The second-order valence-electron chi connectivity index (χ2n) is 8.00. The number of ether oxygens (including phenoxy) is 2. The molecule has 9 heteroatoms. The van der Waals surface area contributed by atoms with Gasteiger partial charge in [0.1, 0.15) is 6.61 Å². The SMILES string of the molecule is C=CCc1cc(/C=N\NC(=O)c2cc3cc([N+](=O)[O-])ccc3s2)cc(OCC)c1OCc1ccccc1. The average Bonchev–Trinajstić information content (AvgIpc) is 3.33. The smallest absolute Gasteiger partial charge is 0.281 e. The Balaban J connectivity index is 1.52. The van der Waals surface area contributed by atoms with E-state index in [0.717, 1.165) is 21.4 Å². The van der Waals surface area contributed by atoms with Gasteiger partial charge in [0.05, 0.1) is 22.6 Å². The summed E-state index contributed by atoms with van der Waals surface area (Å²) in [5.74, 6) is 0.821. The van der Waals surface area contributed by atoms with Crippen molar-refractivity contribution in [1.29, 1.82) is 0 Å². The molecule has 0 aliphatic rings. The van der Waals surface area contributed by atoms with E-state index >= 15 is 0 Å². The first-order valence-corrected chi connectivity index (χ1v) is 12.4. The quantitative estimate of drug-likeness (QED) is 0.110. The van der Waals surface area contributed by atoms with E-state index in [4.69, 9.17) is 9.47 Å². The van der Waals surface area contributed by atoms with E-state index in [1.807, 2.05) is 49.4 Å². The minimum atomic E-state index is -0.462. The summed E-state index contributed by atoms with van der Waals surface area (Å²) in [5.41, 5.74) is 5.15. The van der Waals surface area contributed by atoms with Gasteiger partial charge in [0, 0.05) is 27.8 Å². The molecule has 0 unspecified atom stereocenters. The van der Waals surface area contributed by atoms with Crippen LogP contribution in [0.15, 0.2) is 84.5 Å². The normalized spacial score (nSPS) is 10.9. The molecule has 0 bridgehead atoms. The largest absolute Gasteiger partial charge is 0.490 e. The minimum absolute atomic E-state index is 0.0214. The Bertz CT molecular complexity index is 1460. The molecule has 37 heavy (non-hydrogen) atoms. The van der Waals surface area contributed by atoms with Gasteiger partial charge in [0.25, 0.3) is 11.6 Å². The summed E-state index contributed by atoms with van der Waals surface area (Å²) in [7, 11) is 0. The molecule has 1 amide bonds. The maximum Gasteiger partial charge on any atom is 0.281 e. The molecule has 8 nitrogen and oxygen atoms in total. The fourth-order valence-corrected chi connectivity index (χ4v) is 4.63. The number of nitro benzene ring substituents is 1. The number of allylic oxidation sites excluding steroid dienone is 1. The number of nitrogens with zero attached hydrogens (tertiary/aromatic N) is 2. The first kappa shape index (κ1) is 25.6. The Kier molecular flexibility index (Phi) is 8.27. The summed E-state index contributed by atoms with van der Waals surface area (Å²) in [6.45, 7) is 6.60. The van der Waals surface area contributed by atoms with Crippen molar-refractivity contribution < 1.29 is 19.2 Å². The van der Waals surface area contributed by atoms with Crippen LogP contribution >= 0.6 is 11.3 Å². The zero-order valence-electron chi connectivity index (χ0n) is 20.2. The molecule has 4 rings (SSSR count). The van der Waals surface area contributed by atoms with Gasteiger partial charge >= 0.3 is 0 Å². The minimum Gasteiger partial charge on any atom is -0.490 e. The molecule has 1 N–H and O–H groups in total. The highest BCUT2D eigenvalue weighted by molar-refractivity contribution is 7.20. The summed E-state index contributed by atoms with van der Waals surface area (Å²) in [6, 6.07) is 19.7. The predicted molar refractivity (Wildman–Crippen MR) is 146 cm³/mol. The first-order chi connectivity index (χ1) is 18.0. The lowest BCUT2D eigenvalue weighted by molar-refractivity contribution is -0.384. The average molecular weight is 516 g/mol. The molecule has 0 atom stereocenters. The Morgan fingerprint density at radius 2 is 1.95 bits per heavy atom. The number of non-ortho nitro benzene ring substituents is 1. The number of hydrogen-bond acceptors (Lipinski definition) is 7. The maximum absolute atomic E-state index is 12.6. The van der Waals surface area contributed by atoms with Crippen molar-refractivity contribution in [2.45, 2.75) is 20.0 Å². The van der Waals surface area contributed by atoms with Gasteiger partial charge in [-0.05, 0) is 48.7 Å². The molecule has 0 saturated carbocycles. The molecule has 0 spiro atoms. The van der Waals surface area contributed by atoms with Crippen molar-refractivity contribution >= 4 is 39.2 Å². The topological polar surface area (TPSA) is 103 Å². The Morgan fingerprint density at radius 1 is 1.14 bits per heavy atom. The van der Waals surface area contributed by atoms with Gasteiger partial charge < -0.3 is 9.47 Å². The highest BCUT2D eigenvalue weighted by Gasteiger charge is 2.15. The summed E-state index contributed by atoms with van der Waals surface area (Å²) in [4.78, 5) is 23.6. The molecule has 0 saturated heterocycles. The van der Waals surface area contributed by atoms with Crippen LogP contribution in [0.1, 0.15) is 33.3 Å². The van der Waals surface area contributed by atoms with Gasteiger partial charge in [0.2, 0.25) is 0 Å². The maximum atomic E-state index is 12.6. The Morgan fingerprint density at radius 3 is 2.68 bits per heavy atom. The molecule has 3 aromatic carbocycles. The highest BCUT2D eigenvalue weighted by Crippen LogP contribution is 2.34. The van der Waals surface area contributed by atoms with Gasteiger partial charge in [-0.3, -0.25) is 14.9 Å². The summed E-state index contributed by atoms with van der Waals surface area (Å²) >= 11 is 1.24. The van der Waals surface area contributed by atoms with E-state index in [1.54, 1.807) is 18.2 Å². The monoisotopic (exact) mass is 515 g/mol. The molecular weight excluding hydrogens is 490 g/mol. The van der Waals surface area contributed by atoms with E-state index in [-0.39, 0.29) is 5.69 Å². The third kappa shape index (κ3) is 6.39. The second kappa shape index (κ2) is 12.0. The van der Waals surface area contributed by atoms with E-state index in [0.29, 0.717) is 41.4 Å². The number of rotatable bonds is 11. The molecule has 188 valence electrons. The lowest BCUT2D eigenvalue weighted by Gasteiger charge is -2.16. The van der Waals surface area contributed by atoms with E-state index < -0.39 is 10.8 Å². The number of thiophene rings is 1. The van der Waals surface area contributed by atoms with Gasteiger partial charge in [-0.15, -0.1) is 17.9 Å². The summed E-state index contributed by atoms with van der Waals surface area (Å²) in [6.07, 6.45) is 3.88. The molecule has 0 aliphatic heterocycles. The van der Waals surface area contributed by atoms with Crippen LogP contribution in [0.3, 0.4) is 0 Å². The van der Waals surface area contributed by atoms with E-state index in [2.05, 4.69) is 17.1 Å². The first-order valence-electron chi connectivity index (χ1n) is 11.6. The molecule has 0 radical (unpaired) electrons. The Hall–Kier alpha value is -4.50. The number of benzene rings is 3. The third-order valence-electron chi connectivity index (χ3n) is 5.36. The number of hydrogen-bond donors (Lipinski definition) is 1. The van der Waals surface area contributed by atoms with Gasteiger partial charge in [0.15, 0.2) is 11.5 Å². The van der Waals surface area contributed by atoms with Crippen LogP contribution < -0.4 is 14.9 Å². The van der Waals surface area contributed by atoms with E-state index in [1.165, 1.54) is 29.7 Å². The highest BCUT2D eigenvalue weighted by atomic mass is 32.1. The second-order valence-corrected chi connectivity index (χ2v) is 9.08. The number of amides is 1. The lowest BCUT2D eigenvalue weighted by atomic mass is 10.1. The molecular formula is C28H25N3O5S. The molecule has 1 heterocycles. The zero-order valence-corrected chi connectivity index (χ0v) is 21.0. The fraction of sp³-hybridized carbons (Fsp3) is 0.143. The van der Waals surface area contributed by atoms with Crippen molar-refractivity contribution in [1.82, 2.24) is 5.43 Å². The molecule has 4 aromatic rings. The fourth-order valence-electron chi connectivity index (χ4n) is 3.70. The summed E-state index contributed by atoms with van der Waals surface area (Å²) < 4.78 is 12.8. The van der Waals surface area contributed by atoms with Crippen LogP contribution in [0.2, 0.25) is 0 Å². The van der Waals surface area contributed by atoms with Gasteiger partial charge in [-0.1, -0.05) is 36.4 Å². The van der Waals surface area contributed by atoms with Crippen LogP contribution in [0.25, 0.3) is 10.1 Å². The summed E-state index contributed by atoms with van der Waals surface area (Å²) in [5, 5.41) is 15.7. The molecule has 0 aliphatic carbocycles. The number of carbonyl (C=O) groups excluding carboxylic acids is 1. The van der Waals surface area contributed by atoms with Gasteiger partial charge in [-0.25, -0.2) is 5.43 Å². The number of nitro groups is 1. The number of hydrazone groups is 1. The van der Waals surface area contributed by atoms with Crippen molar-refractivity contribution in [3.05, 3.63) is 111 Å². The van der Waals surface area contributed by atoms with Crippen molar-refractivity contribution in [3.8, 4) is 11.5 Å². The van der Waals surface area contributed by atoms with Crippen LogP contribution in [0.5, 0.6) is 11.5 Å². The molecule has 0 fully saturated rings. The lowest BCUT2D eigenvalue weighted by Crippen LogP contribution is -2.16. The van der Waals surface area contributed by atoms with Crippen molar-refractivity contribution in [2.24, 2.45) is 5.10 Å². The zero-order chi connectivity index (χ0) is 26.2. The standard InChI is InChI=1S/C28H25N3O5S/c1-3-8-21-13-20(14-24(35-4-2)27(21)36-18-19-9-6-5-7-10-19)17-29-30-28(32)26-16-22-15-23(31(33)34)11-12-25(22)37-26/h3,5-7,9-17H,1,4,8,18H2,2H3,(H,30,32)/b29-17-. The van der Waals surface area contributed by atoms with Gasteiger partial charge in [-0.2, -0.15) is 5.10 Å². The van der Waals surface area contributed by atoms with Crippen LogP contribution in [-0.4, -0.2) is 23.7 Å². The predicted octanol–water partition coefficient (Wildman–Crippen LogP) is 6.28. The van der Waals surface area contributed by atoms with Crippen molar-refractivity contribution in [2.75, 3.05) is 6.61 Å². The number of fused-ring (bicyclic) bond motifs is 1. The third-order valence-corrected chi connectivity index (χ3v) is 6.47. The van der Waals surface area contributed by atoms with E-state index in [9.17, 15) is 14.9 Å². The van der Waals surface area contributed by atoms with Crippen LogP contribution in [0.4, 0.5) is 5.69 Å². The number of carbonyl (C=O) groups is 1. The molecule has 1 aromatic heterocycles. The van der Waals surface area contributed by atoms with Crippen LogP contribution in [0, 0.1) is 10.1 Å². The Labute approximate surface area is 218 Å².